The van der Waals surface area contributed by atoms with Gasteiger partial charge in [-0.2, -0.15) is 0 Å². The van der Waals surface area contributed by atoms with Gasteiger partial charge in [-0.1, -0.05) is 27.2 Å². The monoisotopic (exact) mass is 268 g/mol. The molecular formula is C16H32N2O. The number of piperidine rings is 1. The Morgan fingerprint density at radius 3 is 2.74 bits per heavy atom. The zero-order chi connectivity index (χ0) is 13.9. The highest BCUT2D eigenvalue weighted by Crippen LogP contribution is 2.36. The van der Waals surface area contributed by atoms with Crippen molar-refractivity contribution in [3.8, 4) is 0 Å². The van der Waals surface area contributed by atoms with Crippen molar-refractivity contribution in [1.29, 1.82) is 0 Å². The van der Waals surface area contributed by atoms with E-state index in [-0.39, 0.29) is 12.1 Å². The normalized spacial score (nSPS) is 37.1. The number of nitrogens with one attached hydrogen (secondary N) is 1. The molecule has 2 fully saturated rings. The molecule has 2 N–H and O–H groups in total. The van der Waals surface area contributed by atoms with Crippen LogP contribution in [0.1, 0.15) is 65.7 Å². The van der Waals surface area contributed by atoms with Crippen LogP contribution in [0.2, 0.25) is 0 Å². The summed E-state index contributed by atoms with van der Waals surface area (Å²) >= 11 is 0. The molecule has 19 heavy (non-hydrogen) atoms. The van der Waals surface area contributed by atoms with Gasteiger partial charge in [0.05, 0.1) is 6.61 Å². The number of aliphatic hydroxyl groups is 1. The number of likely N-dealkylation sites (tertiary alicyclic amines) is 1. The molecule has 0 aromatic carbocycles. The molecule has 2 aliphatic rings. The lowest BCUT2D eigenvalue weighted by Gasteiger charge is -2.40. The van der Waals surface area contributed by atoms with Crippen molar-refractivity contribution in [3.05, 3.63) is 0 Å². The third kappa shape index (κ3) is 3.50. The Balaban J connectivity index is 1.99. The van der Waals surface area contributed by atoms with Gasteiger partial charge >= 0.3 is 0 Å². The van der Waals surface area contributed by atoms with Crippen LogP contribution < -0.4 is 5.32 Å². The van der Waals surface area contributed by atoms with Crippen LogP contribution in [-0.4, -0.2) is 46.8 Å². The summed E-state index contributed by atoms with van der Waals surface area (Å²) in [6, 6.07) is 1.92. The van der Waals surface area contributed by atoms with Gasteiger partial charge in [0, 0.05) is 23.7 Å². The second-order valence-electron chi connectivity index (χ2n) is 6.93. The summed E-state index contributed by atoms with van der Waals surface area (Å²) in [7, 11) is 0. The molecule has 0 amide bonds. The Morgan fingerprint density at radius 1 is 1.32 bits per heavy atom. The number of aliphatic hydroxyl groups excluding tert-OH is 1. The van der Waals surface area contributed by atoms with Crippen molar-refractivity contribution >= 4 is 0 Å². The Hall–Kier alpha value is -0.120. The van der Waals surface area contributed by atoms with E-state index < -0.39 is 0 Å². The maximum atomic E-state index is 9.82. The fourth-order valence-corrected chi connectivity index (χ4v) is 4.26. The summed E-state index contributed by atoms with van der Waals surface area (Å²) in [5, 5.41) is 13.5. The van der Waals surface area contributed by atoms with Crippen LogP contribution in [0.4, 0.5) is 0 Å². The second-order valence-corrected chi connectivity index (χ2v) is 6.93. The topological polar surface area (TPSA) is 35.5 Å². The van der Waals surface area contributed by atoms with Crippen molar-refractivity contribution in [2.45, 2.75) is 89.4 Å². The maximum Gasteiger partial charge on any atom is 0.0614 e. The van der Waals surface area contributed by atoms with E-state index in [9.17, 15) is 5.11 Å². The Kier molecular flexibility index (Phi) is 5.27. The average Bonchev–Trinajstić information content (AvgIpc) is 2.82. The third-order valence-electron chi connectivity index (χ3n) is 5.09. The van der Waals surface area contributed by atoms with Crippen LogP contribution in [0.15, 0.2) is 0 Å². The first-order valence-corrected chi connectivity index (χ1v) is 8.24. The summed E-state index contributed by atoms with van der Waals surface area (Å²) in [5.41, 5.74) is -0.0193. The number of nitrogens with zero attached hydrogens (tertiary/aromatic N) is 1. The van der Waals surface area contributed by atoms with Crippen molar-refractivity contribution < 1.29 is 5.11 Å². The zero-order valence-electron chi connectivity index (χ0n) is 13.0. The largest absolute Gasteiger partial charge is 0.394 e. The molecule has 3 atom stereocenters. The van der Waals surface area contributed by atoms with E-state index in [1.165, 1.54) is 38.6 Å². The predicted molar refractivity (Wildman–Crippen MR) is 80.4 cm³/mol. The molecule has 1 aliphatic carbocycles. The van der Waals surface area contributed by atoms with Gasteiger partial charge in [-0.15, -0.1) is 0 Å². The minimum absolute atomic E-state index is 0.0193. The summed E-state index contributed by atoms with van der Waals surface area (Å²) in [5.74, 6) is 0. The molecule has 2 rings (SSSR count). The van der Waals surface area contributed by atoms with Crippen molar-refractivity contribution in [2.75, 3.05) is 13.2 Å². The Bertz CT molecular complexity index is 282. The van der Waals surface area contributed by atoms with Gasteiger partial charge < -0.3 is 10.4 Å². The summed E-state index contributed by atoms with van der Waals surface area (Å²) < 4.78 is 0. The first-order chi connectivity index (χ1) is 9.10. The molecule has 0 aromatic rings. The molecule has 1 heterocycles. The van der Waals surface area contributed by atoms with E-state index in [0.717, 1.165) is 18.9 Å². The Labute approximate surface area is 118 Å². The van der Waals surface area contributed by atoms with Crippen LogP contribution in [0, 0.1) is 0 Å². The van der Waals surface area contributed by atoms with Crippen molar-refractivity contribution in [3.63, 3.8) is 0 Å². The van der Waals surface area contributed by atoms with Gasteiger partial charge in [0.25, 0.3) is 0 Å². The molecule has 0 aromatic heterocycles. The van der Waals surface area contributed by atoms with E-state index >= 15 is 0 Å². The minimum Gasteiger partial charge on any atom is -0.394 e. The van der Waals surface area contributed by atoms with Gasteiger partial charge in [-0.3, -0.25) is 4.90 Å². The van der Waals surface area contributed by atoms with Crippen LogP contribution in [-0.2, 0) is 0 Å². The molecule has 3 nitrogen and oxygen atoms in total. The second kappa shape index (κ2) is 6.55. The molecule has 1 saturated heterocycles. The van der Waals surface area contributed by atoms with Crippen LogP contribution in [0.3, 0.4) is 0 Å². The first-order valence-electron chi connectivity index (χ1n) is 8.24. The van der Waals surface area contributed by atoms with E-state index in [1.807, 2.05) is 0 Å². The smallest absolute Gasteiger partial charge is 0.0614 e. The molecule has 0 bridgehead atoms. The molecule has 1 aliphatic heterocycles. The maximum absolute atomic E-state index is 9.82. The van der Waals surface area contributed by atoms with E-state index in [0.29, 0.717) is 12.1 Å². The highest BCUT2D eigenvalue weighted by Gasteiger charge is 2.42. The lowest BCUT2D eigenvalue weighted by Crippen LogP contribution is -2.52. The molecular weight excluding hydrogens is 236 g/mol. The number of hydrogen-bond donors (Lipinski definition) is 2. The van der Waals surface area contributed by atoms with Crippen LogP contribution in [0.5, 0.6) is 0 Å². The van der Waals surface area contributed by atoms with Gasteiger partial charge in [-0.05, 0) is 45.1 Å². The summed E-state index contributed by atoms with van der Waals surface area (Å²) in [4.78, 5) is 2.75. The highest BCUT2D eigenvalue weighted by molar-refractivity contribution is 5.01. The fraction of sp³-hybridized carbons (Fsp3) is 1.00. The molecule has 3 heteroatoms. The molecule has 112 valence electrons. The zero-order valence-corrected chi connectivity index (χ0v) is 13.0. The van der Waals surface area contributed by atoms with E-state index in [2.05, 4.69) is 31.0 Å². The van der Waals surface area contributed by atoms with Crippen LogP contribution >= 0.6 is 0 Å². The average molecular weight is 268 g/mol. The lowest BCUT2D eigenvalue weighted by molar-refractivity contribution is 0.0810. The van der Waals surface area contributed by atoms with Crippen LogP contribution in [0.25, 0.3) is 0 Å². The van der Waals surface area contributed by atoms with Crippen molar-refractivity contribution in [1.82, 2.24) is 10.2 Å². The van der Waals surface area contributed by atoms with Crippen molar-refractivity contribution in [2.24, 2.45) is 0 Å². The molecule has 0 spiro atoms. The minimum atomic E-state index is -0.0193. The summed E-state index contributed by atoms with van der Waals surface area (Å²) in [6.45, 7) is 8.24. The standard InChI is InChI=1S/C16H32N2O/c1-4-14-7-5-6-10-18(14)15-8-9-16(11-15,12-19)17-13(2)3/h13-15,17,19H,4-12H2,1-3H3. The van der Waals surface area contributed by atoms with Gasteiger partial charge in [0.15, 0.2) is 0 Å². The number of hydrogen-bond acceptors (Lipinski definition) is 3. The van der Waals surface area contributed by atoms with Gasteiger partial charge in [0.2, 0.25) is 0 Å². The Morgan fingerprint density at radius 2 is 2.11 bits per heavy atom. The SMILES string of the molecule is CCC1CCCCN1C1CCC(CO)(NC(C)C)C1. The molecule has 0 radical (unpaired) electrons. The fourth-order valence-electron chi connectivity index (χ4n) is 4.26. The quantitative estimate of drug-likeness (QED) is 0.804. The predicted octanol–water partition coefficient (Wildman–Crippen LogP) is 2.53. The van der Waals surface area contributed by atoms with Gasteiger partial charge in [-0.25, -0.2) is 0 Å². The van der Waals surface area contributed by atoms with E-state index in [4.69, 9.17) is 0 Å². The lowest BCUT2D eigenvalue weighted by atomic mass is 9.94. The van der Waals surface area contributed by atoms with E-state index in [1.54, 1.807) is 0 Å². The number of rotatable bonds is 5. The highest BCUT2D eigenvalue weighted by atomic mass is 16.3. The third-order valence-corrected chi connectivity index (χ3v) is 5.09. The summed E-state index contributed by atoms with van der Waals surface area (Å²) in [6.07, 6.45) is 8.90. The molecule has 1 saturated carbocycles. The van der Waals surface area contributed by atoms with Gasteiger partial charge in [0.1, 0.15) is 0 Å². The molecule has 3 unspecified atom stereocenters. The first kappa shape index (κ1) is 15.3.